The van der Waals surface area contributed by atoms with Gasteiger partial charge in [0.25, 0.3) is 0 Å². The number of nitrogens with zero attached hydrogens (tertiary/aromatic N) is 1. The standard InChI is InChI=1S/C17H29N3O2S/c1-2-5-15(21)11-19-17(22)18-10-14-6-3-8-20(12-14)13-16-7-4-9-23-16/h4,7,9,14-15,21H,2-3,5-6,8,10-13H2,1H3,(H2,18,19,22). The van der Waals surface area contributed by atoms with Crippen LogP contribution < -0.4 is 10.6 Å². The molecule has 2 unspecified atom stereocenters. The normalized spacial score (nSPS) is 20.2. The number of thiophene rings is 1. The fraction of sp³-hybridized carbons (Fsp3) is 0.706. The van der Waals surface area contributed by atoms with Gasteiger partial charge in [-0.2, -0.15) is 0 Å². The summed E-state index contributed by atoms with van der Waals surface area (Å²) in [6.45, 7) is 6.25. The summed E-state index contributed by atoms with van der Waals surface area (Å²) in [5.74, 6) is 0.509. The highest BCUT2D eigenvalue weighted by Gasteiger charge is 2.20. The zero-order valence-electron chi connectivity index (χ0n) is 14.0. The van der Waals surface area contributed by atoms with Crippen LogP contribution in [0.2, 0.25) is 0 Å². The second-order valence-corrected chi connectivity index (χ2v) is 7.39. The van der Waals surface area contributed by atoms with Gasteiger partial charge < -0.3 is 15.7 Å². The maximum Gasteiger partial charge on any atom is 0.314 e. The highest BCUT2D eigenvalue weighted by atomic mass is 32.1. The third kappa shape index (κ3) is 6.89. The minimum atomic E-state index is -0.443. The Morgan fingerprint density at radius 2 is 2.39 bits per heavy atom. The molecule has 6 heteroatoms. The SMILES string of the molecule is CCCC(O)CNC(=O)NCC1CCCN(Cc2cccs2)C1. The first-order chi connectivity index (χ1) is 11.2. The highest BCUT2D eigenvalue weighted by molar-refractivity contribution is 7.09. The lowest BCUT2D eigenvalue weighted by Gasteiger charge is -2.32. The van der Waals surface area contributed by atoms with Crippen molar-refractivity contribution < 1.29 is 9.90 Å². The van der Waals surface area contributed by atoms with Crippen molar-refractivity contribution in [3.63, 3.8) is 0 Å². The molecule has 3 N–H and O–H groups in total. The molecule has 0 saturated carbocycles. The van der Waals surface area contributed by atoms with Crippen LogP contribution in [0.1, 0.15) is 37.5 Å². The molecule has 130 valence electrons. The van der Waals surface area contributed by atoms with E-state index in [2.05, 4.69) is 33.0 Å². The van der Waals surface area contributed by atoms with Crippen molar-refractivity contribution >= 4 is 17.4 Å². The van der Waals surface area contributed by atoms with Crippen LogP contribution in [-0.4, -0.2) is 48.3 Å². The van der Waals surface area contributed by atoms with Gasteiger partial charge in [-0.25, -0.2) is 4.79 Å². The minimum Gasteiger partial charge on any atom is -0.391 e. The third-order valence-corrected chi connectivity index (χ3v) is 5.10. The molecule has 2 rings (SSSR count). The summed E-state index contributed by atoms with van der Waals surface area (Å²) in [4.78, 5) is 15.7. The third-order valence-electron chi connectivity index (χ3n) is 4.23. The predicted octanol–water partition coefficient (Wildman–Crippen LogP) is 2.42. The van der Waals surface area contributed by atoms with Crippen LogP contribution in [0.3, 0.4) is 0 Å². The summed E-state index contributed by atoms with van der Waals surface area (Å²) in [7, 11) is 0. The molecule has 2 atom stereocenters. The van der Waals surface area contributed by atoms with E-state index in [0.29, 0.717) is 19.0 Å². The number of rotatable bonds is 8. The van der Waals surface area contributed by atoms with Crippen molar-refractivity contribution in [2.24, 2.45) is 5.92 Å². The number of hydrogen-bond donors (Lipinski definition) is 3. The number of urea groups is 1. The van der Waals surface area contributed by atoms with Crippen molar-refractivity contribution in [2.45, 2.75) is 45.3 Å². The molecular formula is C17H29N3O2S. The Morgan fingerprint density at radius 1 is 1.52 bits per heavy atom. The van der Waals surface area contributed by atoms with Gasteiger partial charge in [-0.15, -0.1) is 11.3 Å². The second-order valence-electron chi connectivity index (χ2n) is 6.36. The second kappa shape index (κ2) is 9.90. The zero-order valence-corrected chi connectivity index (χ0v) is 14.8. The molecule has 1 fully saturated rings. The van der Waals surface area contributed by atoms with Gasteiger partial charge in [-0.3, -0.25) is 4.90 Å². The molecule has 2 heterocycles. The van der Waals surface area contributed by atoms with Crippen LogP contribution in [-0.2, 0) is 6.54 Å². The van der Waals surface area contributed by atoms with Crippen molar-refractivity contribution in [3.8, 4) is 0 Å². The van der Waals surface area contributed by atoms with E-state index in [-0.39, 0.29) is 6.03 Å². The molecule has 1 aliphatic heterocycles. The number of aliphatic hydroxyl groups excluding tert-OH is 1. The average Bonchev–Trinajstić information content (AvgIpc) is 3.04. The summed E-state index contributed by atoms with van der Waals surface area (Å²) in [5.41, 5.74) is 0. The summed E-state index contributed by atoms with van der Waals surface area (Å²) in [6, 6.07) is 4.11. The molecule has 1 aromatic rings. The molecule has 1 saturated heterocycles. The van der Waals surface area contributed by atoms with Gasteiger partial charge in [0.05, 0.1) is 6.10 Å². The van der Waals surface area contributed by atoms with Crippen LogP contribution >= 0.6 is 11.3 Å². The first-order valence-electron chi connectivity index (χ1n) is 8.62. The minimum absolute atomic E-state index is 0.171. The Balaban J connectivity index is 1.63. The first-order valence-corrected chi connectivity index (χ1v) is 9.49. The number of carbonyl (C=O) groups excluding carboxylic acids is 1. The van der Waals surface area contributed by atoms with E-state index in [0.717, 1.165) is 32.5 Å². The molecule has 1 aliphatic rings. The van der Waals surface area contributed by atoms with Crippen LogP contribution in [0.5, 0.6) is 0 Å². The molecule has 0 aliphatic carbocycles. The molecule has 0 bridgehead atoms. The molecule has 0 spiro atoms. The number of piperidine rings is 1. The molecule has 1 aromatic heterocycles. The Bertz CT molecular complexity index is 453. The molecule has 5 nitrogen and oxygen atoms in total. The van der Waals surface area contributed by atoms with Crippen LogP contribution in [0.4, 0.5) is 4.79 Å². The van der Waals surface area contributed by atoms with Gasteiger partial charge >= 0.3 is 6.03 Å². The summed E-state index contributed by atoms with van der Waals surface area (Å²) >= 11 is 1.80. The number of aliphatic hydroxyl groups is 1. The van der Waals surface area contributed by atoms with E-state index in [1.807, 2.05) is 6.92 Å². The Kier molecular flexibility index (Phi) is 7.85. The fourth-order valence-electron chi connectivity index (χ4n) is 3.03. The lowest BCUT2D eigenvalue weighted by atomic mass is 9.98. The molecule has 0 aromatic carbocycles. The van der Waals surface area contributed by atoms with E-state index < -0.39 is 6.10 Å². The van der Waals surface area contributed by atoms with E-state index in [1.54, 1.807) is 11.3 Å². The van der Waals surface area contributed by atoms with Crippen molar-refractivity contribution in [1.29, 1.82) is 0 Å². The maximum absolute atomic E-state index is 11.8. The largest absolute Gasteiger partial charge is 0.391 e. The predicted molar refractivity (Wildman–Crippen MR) is 94.6 cm³/mol. The summed E-state index contributed by atoms with van der Waals surface area (Å²) in [5, 5.41) is 17.4. The fourth-order valence-corrected chi connectivity index (χ4v) is 3.78. The number of hydrogen-bond acceptors (Lipinski definition) is 4. The average molecular weight is 340 g/mol. The van der Waals surface area contributed by atoms with Crippen LogP contribution in [0.25, 0.3) is 0 Å². The summed E-state index contributed by atoms with van der Waals surface area (Å²) in [6.07, 6.45) is 3.56. The zero-order chi connectivity index (χ0) is 16.5. The molecule has 2 amide bonds. The van der Waals surface area contributed by atoms with Crippen LogP contribution in [0, 0.1) is 5.92 Å². The lowest BCUT2D eigenvalue weighted by Crippen LogP contribution is -2.44. The van der Waals surface area contributed by atoms with Crippen molar-refractivity contribution in [3.05, 3.63) is 22.4 Å². The summed E-state index contributed by atoms with van der Waals surface area (Å²) < 4.78 is 0. The van der Waals surface area contributed by atoms with Gasteiger partial charge in [-0.05, 0) is 43.2 Å². The van der Waals surface area contributed by atoms with Gasteiger partial charge in [0.1, 0.15) is 0 Å². The smallest absolute Gasteiger partial charge is 0.314 e. The lowest BCUT2D eigenvalue weighted by molar-refractivity contribution is 0.156. The number of nitrogens with one attached hydrogen (secondary N) is 2. The van der Waals surface area contributed by atoms with Crippen molar-refractivity contribution in [1.82, 2.24) is 15.5 Å². The molecule has 23 heavy (non-hydrogen) atoms. The van der Waals surface area contributed by atoms with Crippen molar-refractivity contribution in [2.75, 3.05) is 26.2 Å². The Labute approximate surface area is 143 Å². The Hall–Kier alpha value is -1.11. The van der Waals surface area contributed by atoms with Gasteiger partial charge in [0.2, 0.25) is 0 Å². The van der Waals surface area contributed by atoms with E-state index in [9.17, 15) is 9.90 Å². The number of amides is 2. The first kappa shape index (κ1) is 18.2. The molecular weight excluding hydrogens is 310 g/mol. The topological polar surface area (TPSA) is 64.6 Å². The van der Waals surface area contributed by atoms with Gasteiger partial charge in [0.15, 0.2) is 0 Å². The maximum atomic E-state index is 11.8. The van der Waals surface area contributed by atoms with Gasteiger partial charge in [0, 0.05) is 31.1 Å². The quantitative estimate of drug-likeness (QED) is 0.681. The monoisotopic (exact) mass is 339 g/mol. The van der Waals surface area contributed by atoms with E-state index in [1.165, 1.54) is 17.7 Å². The van der Waals surface area contributed by atoms with Crippen LogP contribution in [0.15, 0.2) is 17.5 Å². The Morgan fingerprint density at radius 3 is 3.13 bits per heavy atom. The number of carbonyl (C=O) groups is 1. The van der Waals surface area contributed by atoms with Gasteiger partial charge in [-0.1, -0.05) is 19.4 Å². The van der Waals surface area contributed by atoms with E-state index >= 15 is 0 Å². The molecule has 0 radical (unpaired) electrons. The highest BCUT2D eigenvalue weighted by Crippen LogP contribution is 2.19. The number of likely N-dealkylation sites (tertiary alicyclic amines) is 1. The van der Waals surface area contributed by atoms with E-state index in [4.69, 9.17) is 0 Å².